The van der Waals surface area contributed by atoms with Crippen molar-refractivity contribution >= 4 is 23.5 Å². The first-order valence-electron chi connectivity index (χ1n) is 7.75. The van der Waals surface area contributed by atoms with Crippen molar-refractivity contribution in [2.75, 3.05) is 11.9 Å². The summed E-state index contributed by atoms with van der Waals surface area (Å²) >= 11 is 5.82. The highest BCUT2D eigenvalue weighted by molar-refractivity contribution is 6.30. The molecule has 0 aliphatic rings. The Labute approximate surface area is 149 Å². The smallest absolute Gasteiger partial charge is 0.322 e. The fourth-order valence-corrected chi connectivity index (χ4v) is 2.33. The van der Waals surface area contributed by atoms with E-state index in [2.05, 4.69) is 15.5 Å². The van der Waals surface area contributed by atoms with Gasteiger partial charge in [0.25, 0.3) is 0 Å². The maximum absolute atomic E-state index is 12.0. The van der Waals surface area contributed by atoms with Gasteiger partial charge in [0.1, 0.15) is 5.75 Å². The number of halogens is 1. The molecule has 0 saturated carbocycles. The van der Waals surface area contributed by atoms with E-state index < -0.39 is 0 Å². The zero-order valence-electron chi connectivity index (χ0n) is 13.5. The average Bonchev–Trinajstić information content (AvgIpc) is 3.06. The van der Waals surface area contributed by atoms with Crippen LogP contribution < -0.4 is 10.1 Å². The van der Waals surface area contributed by atoms with Gasteiger partial charge in [-0.15, -0.1) is 5.10 Å². The van der Waals surface area contributed by atoms with Crippen LogP contribution in [0.5, 0.6) is 5.75 Å². The van der Waals surface area contributed by atoms with Crippen LogP contribution in [0.3, 0.4) is 0 Å². The van der Waals surface area contributed by atoms with E-state index in [-0.39, 0.29) is 18.3 Å². The molecule has 2 aromatic carbocycles. The zero-order valence-corrected chi connectivity index (χ0v) is 14.3. The first-order chi connectivity index (χ1) is 12.1. The number of carbonyl (C=O) groups is 1. The van der Waals surface area contributed by atoms with Crippen LogP contribution in [0, 0.1) is 0 Å². The predicted octanol–water partition coefficient (Wildman–Crippen LogP) is 3.97. The molecule has 3 rings (SSSR count). The van der Waals surface area contributed by atoms with Gasteiger partial charge >= 0.3 is 6.01 Å². The lowest BCUT2D eigenvalue weighted by Crippen LogP contribution is -2.14. The van der Waals surface area contributed by atoms with E-state index in [9.17, 15) is 4.79 Å². The third-order valence-electron chi connectivity index (χ3n) is 3.36. The molecule has 0 unspecified atom stereocenters. The van der Waals surface area contributed by atoms with Gasteiger partial charge in [-0.25, -0.2) is 0 Å². The molecule has 0 aliphatic heterocycles. The Balaban J connectivity index is 1.62. The quantitative estimate of drug-likeness (QED) is 0.722. The molecule has 3 aromatic rings. The molecular formula is C18H16ClN3O3. The summed E-state index contributed by atoms with van der Waals surface area (Å²) in [5, 5.41) is 11.0. The van der Waals surface area contributed by atoms with Crippen molar-refractivity contribution in [1.29, 1.82) is 0 Å². The number of benzene rings is 2. The van der Waals surface area contributed by atoms with Crippen LogP contribution in [-0.2, 0) is 11.2 Å². The number of carbonyl (C=O) groups excluding carboxylic acids is 1. The van der Waals surface area contributed by atoms with Crippen LogP contribution in [0.15, 0.2) is 52.9 Å². The van der Waals surface area contributed by atoms with Gasteiger partial charge in [-0.3, -0.25) is 10.1 Å². The van der Waals surface area contributed by atoms with Crippen LogP contribution in [0.25, 0.3) is 11.5 Å². The number of hydrogen-bond acceptors (Lipinski definition) is 5. The third-order valence-corrected chi connectivity index (χ3v) is 3.61. The lowest BCUT2D eigenvalue weighted by molar-refractivity contribution is -0.115. The van der Waals surface area contributed by atoms with E-state index in [1.807, 2.05) is 31.2 Å². The molecule has 0 fully saturated rings. The number of nitrogens with zero attached hydrogens (tertiary/aromatic N) is 2. The molecule has 7 heteroatoms. The van der Waals surface area contributed by atoms with Gasteiger partial charge in [0.15, 0.2) is 0 Å². The first kappa shape index (κ1) is 17.0. The topological polar surface area (TPSA) is 77.3 Å². The molecule has 128 valence electrons. The fraction of sp³-hybridized carbons (Fsp3) is 0.167. The lowest BCUT2D eigenvalue weighted by Gasteiger charge is -2.02. The van der Waals surface area contributed by atoms with E-state index in [1.54, 1.807) is 24.3 Å². The fourth-order valence-electron chi connectivity index (χ4n) is 2.20. The van der Waals surface area contributed by atoms with E-state index in [0.29, 0.717) is 17.5 Å². The van der Waals surface area contributed by atoms with Crippen molar-refractivity contribution in [3.8, 4) is 17.2 Å². The molecule has 0 saturated heterocycles. The number of ether oxygens (including phenoxy) is 1. The van der Waals surface area contributed by atoms with E-state index in [4.69, 9.17) is 20.8 Å². The standard InChI is InChI=1S/C18H16ClN3O3/c1-2-24-15-9-5-13(6-10-15)17-21-22-18(25-17)20-16(23)11-12-3-7-14(19)8-4-12/h3-10H,2,11H2,1H3,(H,20,22,23). The summed E-state index contributed by atoms with van der Waals surface area (Å²) in [6.07, 6.45) is 0.192. The Hall–Kier alpha value is -2.86. The normalized spacial score (nSPS) is 10.5. The molecule has 1 amide bonds. The summed E-state index contributed by atoms with van der Waals surface area (Å²) in [6.45, 7) is 2.52. The van der Waals surface area contributed by atoms with Crippen LogP contribution in [-0.4, -0.2) is 22.7 Å². The number of hydrogen-bond donors (Lipinski definition) is 1. The second-order valence-corrected chi connectivity index (χ2v) is 5.66. The molecule has 1 N–H and O–H groups in total. The zero-order chi connectivity index (χ0) is 17.6. The summed E-state index contributed by atoms with van der Waals surface area (Å²) in [4.78, 5) is 12.0. The second kappa shape index (κ2) is 7.81. The SMILES string of the molecule is CCOc1ccc(-c2nnc(NC(=O)Cc3ccc(Cl)cc3)o2)cc1. The maximum atomic E-state index is 12.0. The van der Waals surface area contributed by atoms with Crippen molar-refractivity contribution in [3.05, 3.63) is 59.1 Å². The molecule has 1 heterocycles. The van der Waals surface area contributed by atoms with E-state index in [0.717, 1.165) is 16.9 Å². The summed E-state index contributed by atoms with van der Waals surface area (Å²) in [6, 6.07) is 14.4. The van der Waals surface area contributed by atoms with Gasteiger partial charge in [0.05, 0.1) is 13.0 Å². The minimum absolute atomic E-state index is 0.0582. The molecule has 25 heavy (non-hydrogen) atoms. The Morgan fingerprint density at radius 2 is 1.84 bits per heavy atom. The number of amides is 1. The Morgan fingerprint density at radius 1 is 1.12 bits per heavy atom. The summed E-state index contributed by atoms with van der Waals surface area (Å²) in [5.74, 6) is 0.844. The molecule has 6 nitrogen and oxygen atoms in total. The van der Waals surface area contributed by atoms with E-state index in [1.165, 1.54) is 0 Å². The molecule has 0 bridgehead atoms. The minimum atomic E-state index is -0.246. The van der Waals surface area contributed by atoms with Gasteiger partial charge in [0, 0.05) is 10.6 Å². The molecule has 0 atom stereocenters. The van der Waals surface area contributed by atoms with Crippen LogP contribution in [0.1, 0.15) is 12.5 Å². The molecule has 0 aliphatic carbocycles. The van der Waals surface area contributed by atoms with E-state index >= 15 is 0 Å². The number of rotatable bonds is 6. The van der Waals surface area contributed by atoms with Crippen molar-refractivity contribution in [1.82, 2.24) is 10.2 Å². The third kappa shape index (κ3) is 4.58. The summed E-state index contributed by atoms with van der Waals surface area (Å²) in [5.41, 5.74) is 1.59. The van der Waals surface area contributed by atoms with Gasteiger partial charge in [-0.1, -0.05) is 28.8 Å². The lowest BCUT2D eigenvalue weighted by atomic mass is 10.1. The molecule has 0 radical (unpaired) electrons. The molecule has 1 aromatic heterocycles. The average molecular weight is 358 g/mol. The Bertz CT molecular complexity index is 845. The highest BCUT2D eigenvalue weighted by Gasteiger charge is 2.12. The number of aromatic nitrogens is 2. The number of nitrogens with one attached hydrogen (secondary N) is 1. The Morgan fingerprint density at radius 3 is 2.52 bits per heavy atom. The van der Waals surface area contributed by atoms with Crippen molar-refractivity contribution in [2.45, 2.75) is 13.3 Å². The monoisotopic (exact) mass is 357 g/mol. The maximum Gasteiger partial charge on any atom is 0.322 e. The minimum Gasteiger partial charge on any atom is -0.494 e. The van der Waals surface area contributed by atoms with Crippen LogP contribution in [0.4, 0.5) is 6.01 Å². The summed E-state index contributed by atoms with van der Waals surface area (Å²) < 4.78 is 10.9. The highest BCUT2D eigenvalue weighted by Crippen LogP contribution is 2.22. The summed E-state index contributed by atoms with van der Waals surface area (Å²) in [7, 11) is 0. The van der Waals surface area contributed by atoms with Gasteiger partial charge in [-0.05, 0) is 48.9 Å². The van der Waals surface area contributed by atoms with Crippen molar-refractivity contribution in [3.63, 3.8) is 0 Å². The predicted molar refractivity (Wildman–Crippen MR) is 94.7 cm³/mol. The van der Waals surface area contributed by atoms with Gasteiger partial charge < -0.3 is 9.15 Å². The molecular weight excluding hydrogens is 342 g/mol. The first-order valence-corrected chi connectivity index (χ1v) is 8.13. The van der Waals surface area contributed by atoms with Crippen LogP contribution in [0.2, 0.25) is 5.02 Å². The van der Waals surface area contributed by atoms with Gasteiger partial charge in [-0.2, -0.15) is 0 Å². The second-order valence-electron chi connectivity index (χ2n) is 5.22. The van der Waals surface area contributed by atoms with Gasteiger partial charge in [0.2, 0.25) is 11.8 Å². The largest absolute Gasteiger partial charge is 0.494 e. The van der Waals surface area contributed by atoms with Crippen LogP contribution >= 0.6 is 11.6 Å². The highest BCUT2D eigenvalue weighted by atomic mass is 35.5. The Kier molecular flexibility index (Phi) is 5.30. The number of anilines is 1. The van der Waals surface area contributed by atoms with Crippen molar-refractivity contribution in [2.24, 2.45) is 0 Å². The molecule has 0 spiro atoms. The van der Waals surface area contributed by atoms with Crippen molar-refractivity contribution < 1.29 is 13.9 Å².